The van der Waals surface area contributed by atoms with Gasteiger partial charge in [0, 0.05) is 36.6 Å². The molecule has 2 amide bonds. The van der Waals surface area contributed by atoms with Crippen molar-refractivity contribution in [2.75, 3.05) is 13.1 Å². The van der Waals surface area contributed by atoms with Crippen LogP contribution in [0.15, 0.2) is 24.3 Å². The Morgan fingerprint density at radius 3 is 2.70 bits per heavy atom. The maximum atomic E-state index is 12.8. The van der Waals surface area contributed by atoms with Gasteiger partial charge in [-0.25, -0.2) is 0 Å². The molecule has 1 atom stereocenters. The monoisotopic (exact) mass is 359 g/mol. The van der Waals surface area contributed by atoms with E-state index in [0.717, 1.165) is 5.56 Å². The molecule has 128 valence electrons. The van der Waals surface area contributed by atoms with Gasteiger partial charge < -0.3 is 16.0 Å². The average molecular weight is 360 g/mol. The molecule has 1 heterocycles. The third-order valence-electron chi connectivity index (χ3n) is 3.99. The molecule has 1 aliphatic heterocycles. The third-order valence-corrected chi connectivity index (χ3v) is 4.23. The van der Waals surface area contributed by atoms with Crippen molar-refractivity contribution in [1.82, 2.24) is 10.2 Å². The SMILES string of the molecule is CC1(C)NC(=O)C[C@@H]1C(=O)N(CCN)Cc1cccc(Cl)c1.Cl. The smallest absolute Gasteiger partial charge is 0.228 e. The third kappa shape index (κ3) is 4.83. The van der Waals surface area contributed by atoms with Crippen molar-refractivity contribution in [3.8, 4) is 0 Å². The van der Waals surface area contributed by atoms with Gasteiger partial charge in [-0.1, -0.05) is 23.7 Å². The summed E-state index contributed by atoms with van der Waals surface area (Å²) in [5.74, 6) is -0.502. The lowest BCUT2D eigenvalue weighted by molar-refractivity contribution is -0.138. The van der Waals surface area contributed by atoms with Crippen molar-refractivity contribution in [3.05, 3.63) is 34.9 Å². The first-order valence-electron chi connectivity index (χ1n) is 7.38. The van der Waals surface area contributed by atoms with E-state index in [1.54, 1.807) is 11.0 Å². The lowest BCUT2D eigenvalue weighted by Gasteiger charge is -2.31. The van der Waals surface area contributed by atoms with E-state index in [1.165, 1.54) is 0 Å². The molecule has 23 heavy (non-hydrogen) atoms. The number of hydrogen-bond donors (Lipinski definition) is 2. The van der Waals surface area contributed by atoms with E-state index >= 15 is 0 Å². The van der Waals surface area contributed by atoms with Crippen LogP contribution in [-0.2, 0) is 16.1 Å². The topological polar surface area (TPSA) is 75.4 Å². The van der Waals surface area contributed by atoms with Crippen LogP contribution in [-0.4, -0.2) is 35.3 Å². The first-order chi connectivity index (χ1) is 10.3. The quantitative estimate of drug-likeness (QED) is 0.843. The Balaban J connectivity index is 0.00000264. The fourth-order valence-corrected chi connectivity index (χ4v) is 3.05. The standard InChI is InChI=1S/C16H22ClN3O2.ClH/c1-16(2)13(9-14(21)19-16)15(22)20(7-6-18)10-11-4-3-5-12(17)8-11;/h3-5,8,13H,6-7,9-10,18H2,1-2H3,(H,19,21);1H/t13-;/m1./s1. The van der Waals surface area contributed by atoms with E-state index < -0.39 is 5.54 Å². The molecule has 0 bridgehead atoms. The summed E-state index contributed by atoms with van der Waals surface area (Å²) in [5.41, 5.74) is 6.06. The fraction of sp³-hybridized carbons (Fsp3) is 0.500. The molecule has 1 aromatic rings. The lowest BCUT2D eigenvalue weighted by Crippen LogP contribution is -2.48. The minimum atomic E-state index is -0.532. The van der Waals surface area contributed by atoms with Gasteiger partial charge in [-0.15, -0.1) is 12.4 Å². The minimum Gasteiger partial charge on any atom is -0.350 e. The number of nitrogens with zero attached hydrogens (tertiary/aromatic N) is 1. The van der Waals surface area contributed by atoms with Gasteiger partial charge in [-0.2, -0.15) is 0 Å². The van der Waals surface area contributed by atoms with Crippen LogP contribution in [0, 0.1) is 5.92 Å². The average Bonchev–Trinajstić information content (AvgIpc) is 2.70. The number of nitrogens with one attached hydrogen (secondary N) is 1. The highest BCUT2D eigenvalue weighted by atomic mass is 35.5. The van der Waals surface area contributed by atoms with Crippen molar-refractivity contribution >= 4 is 35.8 Å². The zero-order valence-corrected chi connectivity index (χ0v) is 14.9. The molecule has 0 saturated carbocycles. The zero-order valence-electron chi connectivity index (χ0n) is 13.3. The van der Waals surface area contributed by atoms with Gasteiger partial charge in [-0.3, -0.25) is 9.59 Å². The number of rotatable bonds is 5. The number of carbonyl (C=O) groups excluding carboxylic acids is 2. The van der Waals surface area contributed by atoms with Gasteiger partial charge >= 0.3 is 0 Å². The van der Waals surface area contributed by atoms with Crippen molar-refractivity contribution in [3.63, 3.8) is 0 Å². The summed E-state index contributed by atoms with van der Waals surface area (Å²) in [4.78, 5) is 26.2. The Labute approximate surface area is 148 Å². The molecule has 1 aliphatic rings. The second-order valence-corrected chi connectivity index (χ2v) is 6.64. The molecule has 1 fully saturated rings. The number of halogens is 2. The van der Waals surface area contributed by atoms with Crippen LogP contribution in [0.2, 0.25) is 5.02 Å². The van der Waals surface area contributed by atoms with E-state index in [0.29, 0.717) is 24.7 Å². The van der Waals surface area contributed by atoms with Gasteiger partial charge in [0.05, 0.1) is 5.92 Å². The van der Waals surface area contributed by atoms with E-state index in [4.69, 9.17) is 17.3 Å². The van der Waals surface area contributed by atoms with E-state index in [2.05, 4.69) is 5.32 Å². The Morgan fingerprint density at radius 1 is 1.48 bits per heavy atom. The maximum absolute atomic E-state index is 12.8. The number of benzene rings is 1. The fourth-order valence-electron chi connectivity index (χ4n) is 2.83. The van der Waals surface area contributed by atoms with E-state index in [9.17, 15) is 9.59 Å². The number of amides is 2. The Kier molecular flexibility index (Phi) is 6.86. The maximum Gasteiger partial charge on any atom is 0.228 e. The predicted octanol–water partition coefficient (Wildman–Crippen LogP) is 1.96. The summed E-state index contributed by atoms with van der Waals surface area (Å²) in [5, 5.41) is 3.49. The molecule has 0 aliphatic carbocycles. The molecule has 1 saturated heterocycles. The van der Waals surface area contributed by atoms with Crippen LogP contribution < -0.4 is 11.1 Å². The molecular formula is C16H23Cl2N3O2. The molecular weight excluding hydrogens is 337 g/mol. The van der Waals surface area contributed by atoms with Crippen LogP contribution in [0.5, 0.6) is 0 Å². The van der Waals surface area contributed by atoms with Crippen molar-refractivity contribution < 1.29 is 9.59 Å². The number of nitrogens with two attached hydrogens (primary N) is 1. The molecule has 2 rings (SSSR count). The lowest BCUT2D eigenvalue weighted by atomic mass is 9.88. The highest BCUT2D eigenvalue weighted by molar-refractivity contribution is 6.30. The predicted molar refractivity (Wildman–Crippen MR) is 93.5 cm³/mol. The normalized spacial score (nSPS) is 19.0. The van der Waals surface area contributed by atoms with Crippen LogP contribution in [0.4, 0.5) is 0 Å². The van der Waals surface area contributed by atoms with Crippen molar-refractivity contribution in [2.45, 2.75) is 32.4 Å². The van der Waals surface area contributed by atoms with Gasteiger partial charge in [-0.05, 0) is 31.5 Å². The molecule has 1 aromatic carbocycles. The summed E-state index contributed by atoms with van der Waals surface area (Å²) in [6.45, 7) is 5.02. The summed E-state index contributed by atoms with van der Waals surface area (Å²) in [6.07, 6.45) is 0.225. The Morgan fingerprint density at radius 2 is 2.17 bits per heavy atom. The summed E-state index contributed by atoms with van der Waals surface area (Å²) in [6, 6.07) is 7.41. The van der Waals surface area contributed by atoms with E-state index in [1.807, 2.05) is 32.0 Å². The summed E-state index contributed by atoms with van der Waals surface area (Å²) >= 11 is 5.99. The highest BCUT2D eigenvalue weighted by Crippen LogP contribution is 2.29. The summed E-state index contributed by atoms with van der Waals surface area (Å²) < 4.78 is 0. The van der Waals surface area contributed by atoms with Crippen molar-refractivity contribution in [2.24, 2.45) is 11.7 Å². The molecule has 0 spiro atoms. The Hall–Kier alpha value is -1.30. The molecule has 3 N–H and O–H groups in total. The van der Waals surface area contributed by atoms with Crippen LogP contribution in [0.25, 0.3) is 0 Å². The minimum absolute atomic E-state index is 0. The highest BCUT2D eigenvalue weighted by Gasteiger charge is 2.44. The molecule has 0 unspecified atom stereocenters. The first-order valence-corrected chi connectivity index (χ1v) is 7.75. The van der Waals surface area contributed by atoms with E-state index in [-0.39, 0.29) is 36.6 Å². The molecule has 0 radical (unpaired) electrons. The number of hydrogen-bond acceptors (Lipinski definition) is 3. The molecule has 7 heteroatoms. The summed E-state index contributed by atoms with van der Waals surface area (Å²) in [7, 11) is 0. The van der Waals surface area contributed by atoms with Gasteiger partial charge in [0.2, 0.25) is 11.8 Å². The largest absolute Gasteiger partial charge is 0.350 e. The van der Waals surface area contributed by atoms with Crippen LogP contribution in [0.1, 0.15) is 25.8 Å². The molecule has 5 nitrogen and oxygen atoms in total. The van der Waals surface area contributed by atoms with Gasteiger partial charge in [0.1, 0.15) is 0 Å². The number of carbonyl (C=O) groups is 2. The van der Waals surface area contributed by atoms with Gasteiger partial charge in [0.25, 0.3) is 0 Å². The second kappa shape index (κ2) is 7.99. The van der Waals surface area contributed by atoms with Gasteiger partial charge in [0.15, 0.2) is 0 Å². The van der Waals surface area contributed by atoms with Crippen LogP contribution >= 0.6 is 24.0 Å². The molecule has 0 aromatic heterocycles. The second-order valence-electron chi connectivity index (χ2n) is 6.20. The Bertz CT molecular complexity index is 578. The van der Waals surface area contributed by atoms with Crippen LogP contribution in [0.3, 0.4) is 0 Å². The zero-order chi connectivity index (χ0) is 16.3. The van der Waals surface area contributed by atoms with Crippen molar-refractivity contribution in [1.29, 1.82) is 0 Å². The first kappa shape index (κ1) is 19.7.